The summed E-state index contributed by atoms with van der Waals surface area (Å²) in [5.74, 6) is -0.0316. The Morgan fingerprint density at radius 1 is 1.13 bits per heavy atom. The molecule has 0 saturated carbocycles. The maximum absolute atomic E-state index is 12.6. The molecule has 2 aromatic rings. The Balaban J connectivity index is 1.74. The quantitative estimate of drug-likeness (QED) is 0.865. The molecule has 1 aliphatic heterocycles. The van der Waals surface area contributed by atoms with Gasteiger partial charge in [0.15, 0.2) is 5.69 Å². The van der Waals surface area contributed by atoms with E-state index < -0.39 is 0 Å². The molecular weight excluding hydrogens is 290 g/mol. The number of benzene rings is 1. The number of rotatable bonds is 3. The van der Waals surface area contributed by atoms with Crippen molar-refractivity contribution in [1.29, 1.82) is 0 Å². The van der Waals surface area contributed by atoms with Gasteiger partial charge in [0.05, 0.1) is 11.9 Å². The molecule has 1 amide bonds. The molecule has 1 aromatic heterocycles. The first kappa shape index (κ1) is 15.7. The highest BCUT2D eigenvalue weighted by molar-refractivity contribution is 5.92. The van der Waals surface area contributed by atoms with Crippen LogP contribution < -0.4 is 0 Å². The molecule has 1 aromatic carbocycles. The van der Waals surface area contributed by atoms with E-state index in [9.17, 15) is 4.79 Å². The number of carbonyl (C=O) groups is 1. The van der Waals surface area contributed by atoms with E-state index in [1.165, 1.54) is 11.1 Å². The number of piperazine rings is 1. The van der Waals surface area contributed by atoms with Gasteiger partial charge in [-0.1, -0.05) is 18.2 Å². The Morgan fingerprint density at radius 2 is 1.87 bits per heavy atom. The second-order valence-corrected chi connectivity index (χ2v) is 6.04. The van der Waals surface area contributed by atoms with E-state index in [0.717, 1.165) is 38.4 Å². The molecule has 1 fully saturated rings. The topological polar surface area (TPSA) is 54.3 Å². The Morgan fingerprint density at radius 3 is 2.52 bits per heavy atom. The molecule has 122 valence electrons. The van der Waals surface area contributed by atoms with Gasteiger partial charge in [0.1, 0.15) is 0 Å². The molecular formula is C17H23N5O. The van der Waals surface area contributed by atoms with E-state index in [-0.39, 0.29) is 5.91 Å². The molecule has 0 radical (unpaired) electrons. The van der Waals surface area contributed by atoms with Crippen molar-refractivity contribution < 1.29 is 4.79 Å². The molecule has 23 heavy (non-hydrogen) atoms. The molecule has 1 aliphatic rings. The first-order chi connectivity index (χ1) is 11.1. The van der Waals surface area contributed by atoms with Gasteiger partial charge in [-0.3, -0.25) is 4.79 Å². The van der Waals surface area contributed by atoms with Crippen molar-refractivity contribution in [2.45, 2.75) is 20.8 Å². The molecule has 3 rings (SSSR count). The summed E-state index contributed by atoms with van der Waals surface area (Å²) >= 11 is 0. The van der Waals surface area contributed by atoms with E-state index in [4.69, 9.17) is 0 Å². The van der Waals surface area contributed by atoms with Crippen molar-refractivity contribution in [3.63, 3.8) is 0 Å². The summed E-state index contributed by atoms with van der Waals surface area (Å²) in [5, 5.41) is 8.18. The summed E-state index contributed by atoms with van der Waals surface area (Å²) in [7, 11) is 0. The van der Waals surface area contributed by atoms with Crippen LogP contribution in [0.1, 0.15) is 28.5 Å². The zero-order valence-electron chi connectivity index (χ0n) is 14.0. The third-order valence-corrected chi connectivity index (χ3v) is 4.57. The summed E-state index contributed by atoms with van der Waals surface area (Å²) in [5.41, 5.74) is 3.77. The van der Waals surface area contributed by atoms with Crippen molar-refractivity contribution in [3.05, 3.63) is 41.2 Å². The average Bonchev–Trinajstić information content (AvgIpc) is 3.07. The average molecular weight is 313 g/mol. The lowest BCUT2D eigenvalue weighted by Crippen LogP contribution is -2.48. The van der Waals surface area contributed by atoms with Crippen LogP contribution in [0.25, 0.3) is 5.69 Å². The highest BCUT2D eigenvalue weighted by atomic mass is 16.2. The van der Waals surface area contributed by atoms with Crippen LogP contribution in [0.3, 0.4) is 0 Å². The number of nitrogens with zero attached hydrogens (tertiary/aromatic N) is 5. The maximum atomic E-state index is 12.6. The second kappa shape index (κ2) is 6.50. The van der Waals surface area contributed by atoms with Gasteiger partial charge in [-0.05, 0) is 43.7 Å². The molecule has 6 heteroatoms. The van der Waals surface area contributed by atoms with Crippen LogP contribution in [-0.2, 0) is 0 Å². The fraction of sp³-hybridized carbons (Fsp3) is 0.471. The fourth-order valence-corrected chi connectivity index (χ4v) is 2.79. The van der Waals surface area contributed by atoms with Crippen molar-refractivity contribution >= 4 is 5.91 Å². The number of hydrogen-bond donors (Lipinski definition) is 0. The molecule has 0 aliphatic carbocycles. The molecule has 0 unspecified atom stereocenters. The number of likely N-dealkylation sites (N-methyl/N-ethyl adjacent to an activating group) is 1. The molecule has 0 atom stereocenters. The predicted molar refractivity (Wildman–Crippen MR) is 88.9 cm³/mol. The lowest BCUT2D eigenvalue weighted by molar-refractivity contribution is 0.0637. The number of amides is 1. The van der Waals surface area contributed by atoms with Crippen LogP contribution in [0, 0.1) is 13.8 Å². The summed E-state index contributed by atoms with van der Waals surface area (Å²) in [6.45, 7) is 10.7. The highest BCUT2D eigenvalue weighted by Gasteiger charge is 2.23. The van der Waals surface area contributed by atoms with E-state index >= 15 is 0 Å². The first-order valence-corrected chi connectivity index (χ1v) is 8.10. The van der Waals surface area contributed by atoms with E-state index in [1.807, 2.05) is 11.0 Å². The third-order valence-electron chi connectivity index (χ3n) is 4.57. The molecule has 0 spiro atoms. The zero-order chi connectivity index (χ0) is 16.4. The number of aromatic nitrogens is 3. The van der Waals surface area contributed by atoms with Crippen molar-refractivity contribution in [1.82, 2.24) is 24.8 Å². The van der Waals surface area contributed by atoms with Crippen molar-refractivity contribution in [2.24, 2.45) is 0 Å². The Hall–Kier alpha value is -2.21. The van der Waals surface area contributed by atoms with Crippen LogP contribution in [0.5, 0.6) is 0 Å². The van der Waals surface area contributed by atoms with E-state index in [0.29, 0.717) is 5.69 Å². The summed E-state index contributed by atoms with van der Waals surface area (Å²) in [4.78, 5) is 16.8. The lowest BCUT2D eigenvalue weighted by Gasteiger charge is -2.33. The van der Waals surface area contributed by atoms with Crippen LogP contribution in [0.15, 0.2) is 24.4 Å². The minimum absolute atomic E-state index is 0.0316. The normalized spacial score (nSPS) is 15.9. The molecule has 6 nitrogen and oxygen atoms in total. The summed E-state index contributed by atoms with van der Waals surface area (Å²) in [6.07, 6.45) is 1.72. The third kappa shape index (κ3) is 3.27. The van der Waals surface area contributed by atoms with Gasteiger partial charge in [0.2, 0.25) is 0 Å². The summed E-state index contributed by atoms with van der Waals surface area (Å²) < 4.78 is 1.67. The first-order valence-electron chi connectivity index (χ1n) is 8.10. The van der Waals surface area contributed by atoms with Gasteiger partial charge in [-0.25, -0.2) is 4.68 Å². The number of aryl methyl sites for hydroxylation is 2. The van der Waals surface area contributed by atoms with Crippen LogP contribution in [0.4, 0.5) is 0 Å². The smallest absolute Gasteiger partial charge is 0.276 e. The predicted octanol–water partition coefficient (Wildman–Crippen LogP) is 1.66. The summed E-state index contributed by atoms with van der Waals surface area (Å²) in [6, 6.07) is 6.10. The monoisotopic (exact) mass is 313 g/mol. The molecule has 2 heterocycles. The van der Waals surface area contributed by atoms with Gasteiger partial charge in [0.25, 0.3) is 5.91 Å². The van der Waals surface area contributed by atoms with Crippen molar-refractivity contribution in [3.8, 4) is 5.69 Å². The maximum Gasteiger partial charge on any atom is 0.276 e. The molecule has 0 bridgehead atoms. The van der Waals surface area contributed by atoms with Gasteiger partial charge < -0.3 is 9.80 Å². The van der Waals surface area contributed by atoms with E-state index in [1.54, 1.807) is 10.9 Å². The molecule has 1 saturated heterocycles. The van der Waals surface area contributed by atoms with Gasteiger partial charge in [0, 0.05) is 26.2 Å². The van der Waals surface area contributed by atoms with Crippen LogP contribution in [-0.4, -0.2) is 63.4 Å². The second-order valence-electron chi connectivity index (χ2n) is 6.04. The number of carbonyl (C=O) groups excluding carboxylic acids is 1. The minimum atomic E-state index is -0.0316. The Labute approximate surface area is 136 Å². The minimum Gasteiger partial charge on any atom is -0.335 e. The van der Waals surface area contributed by atoms with Gasteiger partial charge >= 0.3 is 0 Å². The zero-order valence-corrected chi connectivity index (χ0v) is 14.0. The SMILES string of the molecule is CCN1CCN(C(=O)c2cn(-c3ccc(C)c(C)c3)nn2)CC1. The Bertz CT molecular complexity index is 701. The largest absolute Gasteiger partial charge is 0.335 e. The van der Waals surface area contributed by atoms with Crippen molar-refractivity contribution in [2.75, 3.05) is 32.7 Å². The fourth-order valence-electron chi connectivity index (χ4n) is 2.79. The molecule has 0 N–H and O–H groups in total. The van der Waals surface area contributed by atoms with Crippen LogP contribution >= 0.6 is 0 Å². The highest BCUT2D eigenvalue weighted by Crippen LogP contribution is 2.14. The van der Waals surface area contributed by atoms with Gasteiger partial charge in [-0.2, -0.15) is 0 Å². The number of hydrogen-bond acceptors (Lipinski definition) is 4. The Kier molecular flexibility index (Phi) is 4.43. The lowest BCUT2D eigenvalue weighted by atomic mass is 10.1. The van der Waals surface area contributed by atoms with Crippen LogP contribution in [0.2, 0.25) is 0 Å². The van der Waals surface area contributed by atoms with Gasteiger partial charge in [-0.15, -0.1) is 5.10 Å². The standard InChI is InChI=1S/C17H23N5O/c1-4-20-7-9-21(10-8-20)17(23)16-12-22(19-18-16)15-6-5-13(2)14(3)11-15/h5-6,11-12H,4,7-10H2,1-3H3. The van der Waals surface area contributed by atoms with E-state index in [2.05, 4.69) is 48.1 Å².